The second-order valence-corrected chi connectivity index (χ2v) is 3.18. The van der Waals surface area contributed by atoms with E-state index >= 15 is 0 Å². The van der Waals surface area contributed by atoms with Gasteiger partial charge in [-0.1, -0.05) is 0 Å². The van der Waals surface area contributed by atoms with E-state index in [4.69, 9.17) is 16.7 Å². The van der Waals surface area contributed by atoms with Gasteiger partial charge in [-0.25, -0.2) is 4.79 Å². The summed E-state index contributed by atoms with van der Waals surface area (Å²) in [5.74, 6) is -1.11. The van der Waals surface area contributed by atoms with Crippen LogP contribution in [-0.4, -0.2) is 29.3 Å². The van der Waals surface area contributed by atoms with Crippen molar-refractivity contribution >= 4 is 29.0 Å². The second kappa shape index (κ2) is 5.36. The maximum atomic E-state index is 10.9. The lowest BCUT2D eigenvalue weighted by atomic mass is 10.2. The quantitative estimate of drug-likeness (QED) is 0.750. The monoisotopic (exact) mass is 227 g/mol. The van der Waals surface area contributed by atoms with Crippen LogP contribution in [0.5, 0.6) is 0 Å². The van der Waals surface area contributed by atoms with Crippen molar-refractivity contribution in [3.8, 4) is 0 Å². The molecule has 0 fully saturated rings. The van der Waals surface area contributed by atoms with E-state index in [0.717, 1.165) is 0 Å². The first-order chi connectivity index (χ1) is 7.13. The summed E-state index contributed by atoms with van der Waals surface area (Å²) in [6.07, 6.45) is 0. The molecule has 1 aromatic rings. The van der Waals surface area contributed by atoms with Gasteiger partial charge in [-0.3, -0.25) is 4.79 Å². The minimum atomic E-state index is -0.974. The van der Waals surface area contributed by atoms with Crippen LogP contribution in [0.4, 0.5) is 5.69 Å². The van der Waals surface area contributed by atoms with Gasteiger partial charge in [-0.2, -0.15) is 0 Å². The Hall–Kier alpha value is -1.55. The number of aromatic carboxylic acids is 1. The van der Waals surface area contributed by atoms with E-state index in [9.17, 15) is 9.59 Å². The summed E-state index contributed by atoms with van der Waals surface area (Å²) in [6, 6.07) is 6.14. The number of rotatable bonds is 5. The molecular weight excluding hydrogens is 218 g/mol. The van der Waals surface area contributed by atoms with Gasteiger partial charge in [0.2, 0.25) is 0 Å². The molecule has 0 saturated carbocycles. The molecule has 0 bridgehead atoms. The third-order valence-electron chi connectivity index (χ3n) is 1.77. The van der Waals surface area contributed by atoms with Crippen molar-refractivity contribution in [2.45, 2.75) is 0 Å². The molecule has 0 radical (unpaired) electrons. The largest absolute Gasteiger partial charge is 0.478 e. The molecule has 2 N–H and O–H groups in total. The molecule has 0 atom stereocenters. The Kier molecular flexibility index (Phi) is 4.12. The van der Waals surface area contributed by atoms with E-state index in [1.54, 1.807) is 12.1 Å². The lowest BCUT2D eigenvalue weighted by Gasteiger charge is -2.04. The van der Waals surface area contributed by atoms with E-state index in [0.29, 0.717) is 5.69 Å². The van der Waals surface area contributed by atoms with Crippen molar-refractivity contribution in [3.05, 3.63) is 29.8 Å². The van der Waals surface area contributed by atoms with Crippen molar-refractivity contribution < 1.29 is 14.7 Å². The van der Waals surface area contributed by atoms with Gasteiger partial charge >= 0.3 is 5.97 Å². The van der Waals surface area contributed by atoms with Gasteiger partial charge < -0.3 is 10.4 Å². The molecule has 5 heteroatoms. The number of benzene rings is 1. The second-order valence-electron chi connectivity index (χ2n) is 2.91. The van der Waals surface area contributed by atoms with Gasteiger partial charge in [-0.15, -0.1) is 11.6 Å². The molecule has 0 heterocycles. The summed E-state index contributed by atoms with van der Waals surface area (Å²) in [5, 5.41) is 11.5. The fraction of sp³-hybridized carbons (Fsp3) is 0.200. The average molecular weight is 228 g/mol. The van der Waals surface area contributed by atoms with Gasteiger partial charge in [0.1, 0.15) is 0 Å². The van der Waals surface area contributed by atoms with Gasteiger partial charge in [-0.05, 0) is 24.3 Å². The van der Waals surface area contributed by atoms with E-state index in [1.165, 1.54) is 12.1 Å². The van der Waals surface area contributed by atoms with Crippen LogP contribution in [0, 0.1) is 0 Å². The van der Waals surface area contributed by atoms with Crippen LogP contribution in [0.25, 0.3) is 0 Å². The number of carboxylic acids is 1. The lowest BCUT2D eigenvalue weighted by molar-refractivity contribution is -0.115. The number of carbonyl (C=O) groups excluding carboxylic acids is 1. The van der Waals surface area contributed by atoms with Crippen molar-refractivity contribution in [2.24, 2.45) is 0 Å². The van der Waals surface area contributed by atoms with Crippen molar-refractivity contribution in [1.82, 2.24) is 0 Å². The molecule has 0 unspecified atom stereocenters. The van der Waals surface area contributed by atoms with Crippen LogP contribution in [-0.2, 0) is 4.79 Å². The Morgan fingerprint density at radius 3 is 2.33 bits per heavy atom. The molecular formula is C10H10ClNO3. The average Bonchev–Trinajstić information content (AvgIpc) is 2.26. The highest BCUT2D eigenvalue weighted by Crippen LogP contribution is 2.09. The third-order valence-corrected chi connectivity index (χ3v) is 2.07. The standard InChI is InChI=1S/C10H10ClNO3/c11-5-9(13)6-12-8-3-1-7(2-4-8)10(14)15/h1-4,12H,5-6H2,(H,14,15). The Balaban J connectivity index is 2.57. The third kappa shape index (κ3) is 3.59. The first-order valence-electron chi connectivity index (χ1n) is 4.28. The van der Waals surface area contributed by atoms with Crippen molar-refractivity contribution in [2.75, 3.05) is 17.7 Å². The van der Waals surface area contributed by atoms with Crippen LogP contribution in [0.15, 0.2) is 24.3 Å². The van der Waals surface area contributed by atoms with E-state index < -0.39 is 5.97 Å². The zero-order chi connectivity index (χ0) is 11.3. The first-order valence-corrected chi connectivity index (χ1v) is 4.82. The first kappa shape index (κ1) is 11.5. The van der Waals surface area contributed by atoms with Gasteiger partial charge in [0.15, 0.2) is 5.78 Å². The molecule has 0 aliphatic carbocycles. The number of carbonyl (C=O) groups is 2. The zero-order valence-corrected chi connectivity index (χ0v) is 8.62. The minimum absolute atomic E-state index is 0.0276. The Bertz CT molecular complexity index is 361. The van der Waals surface area contributed by atoms with Crippen LogP contribution < -0.4 is 5.32 Å². The molecule has 1 aromatic carbocycles. The van der Waals surface area contributed by atoms with E-state index in [1.807, 2.05) is 0 Å². The van der Waals surface area contributed by atoms with Gasteiger partial charge in [0.05, 0.1) is 18.0 Å². The molecule has 0 aliphatic heterocycles. The number of carboxylic acid groups (broad SMARTS) is 1. The molecule has 80 valence electrons. The highest BCUT2D eigenvalue weighted by atomic mass is 35.5. The smallest absolute Gasteiger partial charge is 0.335 e. The van der Waals surface area contributed by atoms with Crippen LogP contribution in [0.1, 0.15) is 10.4 Å². The summed E-state index contributed by atoms with van der Waals surface area (Å²) in [7, 11) is 0. The topological polar surface area (TPSA) is 66.4 Å². The molecule has 0 amide bonds. The zero-order valence-electron chi connectivity index (χ0n) is 7.87. The SMILES string of the molecule is O=C(CCl)CNc1ccc(C(=O)O)cc1. The molecule has 0 spiro atoms. The molecule has 4 nitrogen and oxygen atoms in total. The molecule has 0 aliphatic rings. The highest BCUT2D eigenvalue weighted by Gasteiger charge is 2.02. The van der Waals surface area contributed by atoms with Crippen LogP contribution >= 0.6 is 11.6 Å². The summed E-state index contributed by atoms with van der Waals surface area (Å²) >= 11 is 5.32. The van der Waals surface area contributed by atoms with Crippen LogP contribution in [0.2, 0.25) is 0 Å². The van der Waals surface area contributed by atoms with Crippen molar-refractivity contribution in [3.63, 3.8) is 0 Å². The van der Waals surface area contributed by atoms with E-state index in [2.05, 4.69) is 5.32 Å². The van der Waals surface area contributed by atoms with Gasteiger partial charge in [0, 0.05) is 5.69 Å². The summed E-state index contributed by atoms with van der Waals surface area (Å²) in [5.41, 5.74) is 0.905. The van der Waals surface area contributed by atoms with Crippen LogP contribution in [0.3, 0.4) is 0 Å². The number of anilines is 1. The number of hydrogen-bond donors (Lipinski definition) is 2. The molecule has 15 heavy (non-hydrogen) atoms. The number of hydrogen-bond acceptors (Lipinski definition) is 3. The summed E-state index contributed by atoms with van der Waals surface area (Å²) < 4.78 is 0. The predicted molar refractivity (Wildman–Crippen MR) is 57.6 cm³/mol. The fourth-order valence-electron chi connectivity index (χ4n) is 0.979. The fourth-order valence-corrected chi connectivity index (χ4v) is 1.07. The number of alkyl halides is 1. The lowest BCUT2D eigenvalue weighted by Crippen LogP contribution is -2.14. The predicted octanol–water partition coefficient (Wildman–Crippen LogP) is 1.60. The normalized spacial score (nSPS) is 9.67. The van der Waals surface area contributed by atoms with Crippen molar-refractivity contribution in [1.29, 1.82) is 0 Å². The Labute approximate surface area is 91.9 Å². The van der Waals surface area contributed by atoms with E-state index in [-0.39, 0.29) is 23.8 Å². The Morgan fingerprint density at radius 2 is 1.87 bits per heavy atom. The highest BCUT2D eigenvalue weighted by molar-refractivity contribution is 6.28. The number of Topliss-reactive ketones (excluding diaryl/α,β-unsaturated/α-hetero) is 1. The number of ketones is 1. The number of nitrogens with one attached hydrogen (secondary N) is 1. The Morgan fingerprint density at radius 1 is 1.27 bits per heavy atom. The maximum absolute atomic E-state index is 10.9. The van der Waals surface area contributed by atoms with Gasteiger partial charge in [0.25, 0.3) is 0 Å². The molecule has 0 saturated heterocycles. The molecule has 1 rings (SSSR count). The summed E-state index contributed by atoms with van der Waals surface area (Å²) in [6.45, 7) is 0.149. The maximum Gasteiger partial charge on any atom is 0.335 e. The number of halogens is 1. The summed E-state index contributed by atoms with van der Waals surface area (Å²) in [4.78, 5) is 21.4. The minimum Gasteiger partial charge on any atom is -0.478 e. The molecule has 0 aromatic heterocycles.